The van der Waals surface area contributed by atoms with E-state index < -0.39 is 5.92 Å². The Balaban J connectivity index is 1.57. The first-order valence-electron chi connectivity index (χ1n) is 8.39. The van der Waals surface area contributed by atoms with Crippen LogP contribution in [-0.4, -0.2) is 34.8 Å². The fourth-order valence-corrected chi connectivity index (χ4v) is 4.58. The molecule has 2 fully saturated rings. The molecule has 1 saturated heterocycles. The van der Waals surface area contributed by atoms with Gasteiger partial charge in [0.1, 0.15) is 0 Å². The molecule has 0 unspecified atom stereocenters. The van der Waals surface area contributed by atoms with Gasteiger partial charge in [-0.15, -0.1) is 11.3 Å². The Hall–Kier alpha value is -1.04. The number of halogens is 2. The second kappa shape index (κ2) is 6.11. The lowest BCUT2D eigenvalue weighted by atomic mass is 9.80. The minimum Gasteiger partial charge on any atom is -0.342 e. The molecule has 3 rings (SSSR count). The number of piperidine rings is 1. The van der Waals surface area contributed by atoms with Gasteiger partial charge in [-0.3, -0.25) is 4.79 Å². The molecule has 23 heavy (non-hydrogen) atoms. The predicted octanol–water partition coefficient (Wildman–Crippen LogP) is 4.16. The van der Waals surface area contributed by atoms with E-state index in [2.05, 4.69) is 18.8 Å². The number of hydrogen-bond donors (Lipinski definition) is 0. The van der Waals surface area contributed by atoms with Crippen molar-refractivity contribution in [2.24, 2.45) is 5.92 Å². The first kappa shape index (κ1) is 16.8. The van der Waals surface area contributed by atoms with E-state index >= 15 is 0 Å². The van der Waals surface area contributed by atoms with Crippen LogP contribution in [0.3, 0.4) is 0 Å². The highest BCUT2D eigenvalue weighted by Crippen LogP contribution is 2.40. The number of rotatable bonds is 2. The van der Waals surface area contributed by atoms with E-state index in [4.69, 9.17) is 0 Å². The molecule has 0 spiro atoms. The van der Waals surface area contributed by atoms with Gasteiger partial charge in [0.05, 0.1) is 5.01 Å². The van der Waals surface area contributed by atoms with Crippen molar-refractivity contribution in [1.82, 2.24) is 9.88 Å². The summed E-state index contributed by atoms with van der Waals surface area (Å²) in [5, 5.41) is 1.15. The van der Waals surface area contributed by atoms with E-state index in [1.54, 1.807) is 11.3 Å². The molecular formula is C17H24F2N2OS. The topological polar surface area (TPSA) is 33.2 Å². The van der Waals surface area contributed by atoms with Crippen LogP contribution in [0.4, 0.5) is 8.78 Å². The fraction of sp³-hybridized carbons (Fsp3) is 0.765. The molecule has 3 nitrogen and oxygen atoms in total. The molecule has 0 bridgehead atoms. The summed E-state index contributed by atoms with van der Waals surface area (Å²) < 4.78 is 26.5. The van der Waals surface area contributed by atoms with Gasteiger partial charge in [-0.1, -0.05) is 6.92 Å². The third-order valence-electron chi connectivity index (χ3n) is 5.38. The van der Waals surface area contributed by atoms with Gasteiger partial charge in [0, 0.05) is 48.3 Å². The lowest BCUT2D eigenvalue weighted by Crippen LogP contribution is -2.47. The Bertz CT molecular complexity index is 569. The molecule has 6 heteroatoms. The summed E-state index contributed by atoms with van der Waals surface area (Å²) in [6.45, 7) is 5.69. The van der Waals surface area contributed by atoms with Gasteiger partial charge in [-0.2, -0.15) is 0 Å². The summed E-state index contributed by atoms with van der Waals surface area (Å²) in [6, 6.07) is 0. The number of nitrogens with zero attached hydrogens (tertiary/aromatic N) is 2. The molecule has 1 aromatic rings. The van der Waals surface area contributed by atoms with Crippen molar-refractivity contribution in [1.29, 1.82) is 0 Å². The van der Waals surface area contributed by atoms with Crippen molar-refractivity contribution in [2.75, 3.05) is 13.1 Å². The summed E-state index contributed by atoms with van der Waals surface area (Å²) in [5.74, 6) is -2.70. The highest BCUT2D eigenvalue weighted by Gasteiger charge is 2.41. The van der Waals surface area contributed by atoms with E-state index in [0.29, 0.717) is 25.9 Å². The Morgan fingerprint density at radius 1 is 1.26 bits per heavy atom. The summed E-state index contributed by atoms with van der Waals surface area (Å²) in [7, 11) is 0. The zero-order valence-electron chi connectivity index (χ0n) is 13.8. The van der Waals surface area contributed by atoms with Gasteiger partial charge in [0.15, 0.2) is 0 Å². The molecular weight excluding hydrogens is 318 g/mol. The maximum atomic E-state index is 13.2. The molecule has 0 atom stereocenters. The van der Waals surface area contributed by atoms with Gasteiger partial charge in [-0.05, 0) is 32.6 Å². The number of carbonyl (C=O) groups excluding carboxylic acids is 1. The standard InChI is InChI=1S/C17H24F2N2OS/c1-12-11-20-15(23-12)16(2)7-9-21(10-8-16)14(22)13-3-5-17(18,19)6-4-13/h11,13H,3-10H2,1-2H3. The van der Waals surface area contributed by atoms with E-state index in [1.807, 2.05) is 11.1 Å². The van der Waals surface area contributed by atoms with E-state index in [1.165, 1.54) is 4.88 Å². The molecule has 1 amide bonds. The average molecular weight is 342 g/mol. The SMILES string of the molecule is Cc1cnc(C2(C)CCN(C(=O)C3CCC(F)(F)CC3)CC2)s1. The van der Waals surface area contributed by atoms with Crippen LogP contribution in [-0.2, 0) is 10.2 Å². The molecule has 0 N–H and O–H groups in total. The van der Waals surface area contributed by atoms with Gasteiger partial charge < -0.3 is 4.90 Å². The minimum atomic E-state index is -2.57. The Kier molecular flexibility index (Phi) is 4.47. The molecule has 1 saturated carbocycles. The molecule has 2 aliphatic rings. The van der Waals surface area contributed by atoms with Gasteiger partial charge in [-0.25, -0.2) is 13.8 Å². The lowest BCUT2D eigenvalue weighted by Gasteiger charge is -2.40. The number of aryl methyl sites for hydroxylation is 1. The van der Waals surface area contributed by atoms with Crippen LogP contribution in [0.2, 0.25) is 0 Å². The molecule has 1 aromatic heterocycles. The van der Waals surface area contributed by atoms with E-state index in [9.17, 15) is 13.6 Å². The Labute approximate surface area is 140 Å². The van der Waals surface area contributed by atoms with Gasteiger partial charge in [0.25, 0.3) is 0 Å². The smallest absolute Gasteiger partial charge is 0.248 e. The van der Waals surface area contributed by atoms with Crippen LogP contribution < -0.4 is 0 Å². The quantitative estimate of drug-likeness (QED) is 0.809. The minimum absolute atomic E-state index is 0.0370. The molecule has 0 aromatic carbocycles. The van der Waals surface area contributed by atoms with Crippen LogP contribution in [0, 0.1) is 12.8 Å². The zero-order chi connectivity index (χ0) is 16.7. The largest absolute Gasteiger partial charge is 0.342 e. The second-order valence-corrected chi connectivity index (χ2v) is 8.53. The predicted molar refractivity (Wildman–Crippen MR) is 86.9 cm³/mol. The number of carbonyl (C=O) groups is 1. The van der Waals surface area contributed by atoms with Crippen molar-refractivity contribution in [2.45, 2.75) is 63.7 Å². The number of likely N-dealkylation sites (tertiary alicyclic amines) is 1. The number of amides is 1. The lowest BCUT2D eigenvalue weighted by molar-refractivity contribution is -0.141. The third-order valence-corrected chi connectivity index (χ3v) is 6.60. The van der Waals surface area contributed by atoms with Crippen molar-refractivity contribution in [3.8, 4) is 0 Å². The normalized spacial score (nSPS) is 24.6. The van der Waals surface area contributed by atoms with Crippen LogP contribution in [0.1, 0.15) is 55.3 Å². The molecule has 1 aliphatic heterocycles. The van der Waals surface area contributed by atoms with Crippen molar-refractivity contribution in [3.63, 3.8) is 0 Å². The first-order chi connectivity index (χ1) is 10.8. The highest BCUT2D eigenvalue weighted by atomic mass is 32.1. The van der Waals surface area contributed by atoms with E-state index in [0.717, 1.165) is 17.8 Å². The molecule has 2 heterocycles. The van der Waals surface area contributed by atoms with Crippen LogP contribution >= 0.6 is 11.3 Å². The monoisotopic (exact) mass is 342 g/mol. The van der Waals surface area contributed by atoms with Crippen LogP contribution in [0.25, 0.3) is 0 Å². The third kappa shape index (κ3) is 3.57. The Morgan fingerprint density at radius 2 is 1.87 bits per heavy atom. The second-order valence-electron chi connectivity index (χ2n) is 7.29. The first-order valence-corrected chi connectivity index (χ1v) is 9.20. The summed E-state index contributed by atoms with van der Waals surface area (Å²) in [4.78, 5) is 20.2. The molecule has 0 radical (unpaired) electrons. The number of hydrogen-bond acceptors (Lipinski definition) is 3. The van der Waals surface area contributed by atoms with Crippen LogP contribution in [0.5, 0.6) is 0 Å². The maximum Gasteiger partial charge on any atom is 0.248 e. The van der Waals surface area contributed by atoms with Gasteiger partial charge >= 0.3 is 0 Å². The van der Waals surface area contributed by atoms with Gasteiger partial charge in [0.2, 0.25) is 11.8 Å². The van der Waals surface area contributed by atoms with Crippen molar-refractivity contribution >= 4 is 17.2 Å². The summed E-state index contributed by atoms with van der Waals surface area (Å²) >= 11 is 1.73. The number of thiazole rings is 1. The number of aromatic nitrogens is 1. The molecule has 1 aliphatic carbocycles. The highest BCUT2D eigenvalue weighted by molar-refractivity contribution is 7.11. The maximum absolute atomic E-state index is 13.2. The van der Waals surface area contributed by atoms with Crippen molar-refractivity contribution in [3.05, 3.63) is 16.1 Å². The zero-order valence-corrected chi connectivity index (χ0v) is 14.6. The average Bonchev–Trinajstić information content (AvgIpc) is 2.95. The van der Waals surface area contributed by atoms with E-state index in [-0.39, 0.29) is 30.1 Å². The number of alkyl halides is 2. The molecule has 128 valence electrons. The summed E-state index contributed by atoms with van der Waals surface area (Å²) in [5.41, 5.74) is 0.0370. The van der Waals surface area contributed by atoms with Crippen LogP contribution in [0.15, 0.2) is 6.20 Å². The Morgan fingerprint density at radius 3 is 2.39 bits per heavy atom. The fourth-order valence-electron chi connectivity index (χ4n) is 3.61. The summed E-state index contributed by atoms with van der Waals surface area (Å²) in [6.07, 6.45) is 4.06. The van der Waals surface area contributed by atoms with Crippen molar-refractivity contribution < 1.29 is 13.6 Å².